The summed E-state index contributed by atoms with van der Waals surface area (Å²) >= 11 is 0. The fourth-order valence-corrected chi connectivity index (χ4v) is 4.01. The largest absolute Gasteiger partial charge is 0.490 e. The van der Waals surface area contributed by atoms with Crippen molar-refractivity contribution in [3.8, 4) is 5.75 Å². The lowest BCUT2D eigenvalue weighted by Crippen LogP contribution is -2.47. The predicted octanol–water partition coefficient (Wildman–Crippen LogP) is 5.55. The van der Waals surface area contributed by atoms with Gasteiger partial charge in [0.25, 0.3) is 5.91 Å². The van der Waals surface area contributed by atoms with Gasteiger partial charge < -0.3 is 14.8 Å². The van der Waals surface area contributed by atoms with Gasteiger partial charge in [-0.1, -0.05) is 44.5 Å². The molecule has 0 heterocycles. The van der Waals surface area contributed by atoms with E-state index in [2.05, 4.69) is 26.1 Å². The lowest BCUT2D eigenvalue weighted by Gasteiger charge is -2.37. The SMILES string of the molecule is CC[C@@H](C)Oc1ccc(NC(=O)[C@]2(OC)CCC[C@@H](C)C2)c2ccccc12. The molecule has 3 atom stereocenters. The Kier molecular flexibility index (Phi) is 6.05. The Labute approximate surface area is 162 Å². The van der Waals surface area contributed by atoms with E-state index in [1.165, 1.54) is 0 Å². The van der Waals surface area contributed by atoms with Crippen molar-refractivity contribution in [1.82, 2.24) is 0 Å². The Morgan fingerprint density at radius 1 is 1.26 bits per heavy atom. The van der Waals surface area contributed by atoms with Crippen LogP contribution in [-0.2, 0) is 9.53 Å². The van der Waals surface area contributed by atoms with Gasteiger partial charge in [0.05, 0.1) is 6.10 Å². The van der Waals surface area contributed by atoms with Crippen molar-refractivity contribution in [2.75, 3.05) is 12.4 Å². The van der Waals surface area contributed by atoms with E-state index in [4.69, 9.17) is 9.47 Å². The third-order valence-corrected chi connectivity index (χ3v) is 5.80. The maximum atomic E-state index is 13.2. The summed E-state index contributed by atoms with van der Waals surface area (Å²) in [6.07, 6.45) is 4.80. The van der Waals surface area contributed by atoms with Gasteiger partial charge in [-0.15, -0.1) is 0 Å². The van der Waals surface area contributed by atoms with E-state index < -0.39 is 5.60 Å². The molecule has 4 nitrogen and oxygen atoms in total. The number of fused-ring (bicyclic) bond motifs is 1. The normalized spacial score (nSPS) is 23.8. The summed E-state index contributed by atoms with van der Waals surface area (Å²) < 4.78 is 11.8. The second kappa shape index (κ2) is 8.30. The minimum Gasteiger partial charge on any atom is -0.490 e. The molecule has 1 saturated carbocycles. The number of methoxy groups -OCH3 is 1. The molecule has 0 bridgehead atoms. The molecule has 3 rings (SSSR count). The zero-order valence-corrected chi connectivity index (χ0v) is 16.9. The number of carbonyl (C=O) groups excluding carboxylic acids is 1. The number of hydrogen-bond donors (Lipinski definition) is 1. The zero-order chi connectivity index (χ0) is 19.4. The number of benzene rings is 2. The molecule has 4 heteroatoms. The van der Waals surface area contributed by atoms with Crippen LogP contribution in [0.1, 0.15) is 52.9 Å². The molecule has 1 aliphatic rings. The molecule has 146 valence electrons. The highest BCUT2D eigenvalue weighted by molar-refractivity contribution is 6.06. The maximum Gasteiger partial charge on any atom is 0.256 e. The first kappa shape index (κ1) is 19.7. The van der Waals surface area contributed by atoms with Crippen LogP contribution in [0, 0.1) is 5.92 Å². The van der Waals surface area contributed by atoms with Gasteiger partial charge in [-0.05, 0) is 50.7 Å². The van der Waals surface area contributed by atoms with Crippen LogP contribution in [0.25, 0.3) is 10.8 Å². The summed E-state index contributed by atoms with van der Waals surface area (Å²) in [7, 11) is 1.65. The van der Waals surface area contributed by atoms with Crippen LogP contribution in [-0.4, -0.2) is 24.7 Å². The third kappa shape index (κ3) is 4.11. The maximum absolute atomic E-state index is 13.2. The average molecular weight is 370 g/mol. The molecule has 1 aliphatic carbocycles. The Morgan fingerprint density at radius 2 is 2.00 bits per heavy atom. The molecule has 0 unspecified atom stereocenters. The number of ether oxygens (including phenoxy) is 2. The van der Waals surface area contributed by atoms with Gasteiger partial charge in [-0.3, -0.25) is 4.79 Å². The minimum absolute atomic E-state index is 0.0442. The Hall–Kier alpha value is -2.07. The summed E-state index contributed by atoms with van der Waals surface area (Å²) in [6.45, 7) is 6.37. The second-order valence-corrected chi connectivity index (χ2v) is 7.85. The van der Waals surface area contributed by atoms with E-state index in [1.807, 2.05) is 36.4 Å². The van der Waals surface area contributed by atoms with Crippen LogP contribution in [0.15, 0.2) is 36.4 Å². The molecule has 0 radical (unpaired) electrons. The van der Waals surface area contributed by atoms with Crippen LogP contribution in [0.5, 0.6) is 5.75 Å². The predicted molar refractivity (Wildman–Crippen MR) is 110 cm³/mol. The molecule has 0 spiro atoms. The smallest absolute Gasteiger partial charge is 0.256 e. The average Bonchev–Trinajstić information content (AvgIpc) is 2.69. The summed E-state index contributed by atoms with van der Waals surface area (Å²) in [5, 5.41) is 5.14. The summed E-state index contributed by atoms with van der Waals surface area (Å²) in [6, 6.07) is 11.9. The number of hydrogen-bond acceptors (Lipinski definition) is 3. The standard InChI is InChI=1S/C23H31NO3/c1-5-17(3)27-21-13-12-20(18-10-6-7-11-19(18)21)24-22(25)23(26-4)14-8-9-16(2)15-23/h6-7,10-13,16-17H,5,8-9,14-15H2,1-4H3,(H,24,25)/t16-,17-,23+/m1/s1. The van der Waals surface area contributed by atoms with Crippen molar-refractivity contribution in [2.24, 2.45) is 5.92 Å². The summed E-state index contributed by atoms with van der Waals surface area (Å²) in [4.78, 5) is 13.2. The molecule has 2 aromatic rings. The van der Waals surface area contributed by atoms with Crippen LogP contribution in [0.2, 0.25) is 0 Å². The number of rotatable bonds is 6. The molecule has 27 heavy (non-hydrogen) atoms. The molecule has 0 aliphatic heterocycles. The quantitative estimate of drug-likeness (QED) is 0.726. The highest BCUT2D eigenvalue weighted by Crippen LogP contribution is 2.37. The van der Waals surface area contributed by atoms with E-state index >= 15 is 0 Å². The third-order valence-electron chi connectivity index (χ3n) is 5.80. The fourth-order valence-electron chi connectivity index (χ4n) is 4.01. The highest BCUT2D eigenvalue weighted by Gasteiger charge is 2.42. The Morgan fingerprint density at radius 3 is 2.67 bits per heavy atom. The fraction of sp³-hybridized carbons (Fsp3) is 0.522. The zero-order valence-electron chi connectivity index (χ0n) is 16.9. The molecule has 0 aromatic heterocycles. The Balaban J connectivity index is 1.91. The first-order valence-corrected chi connectivity index (χ1v) is 10.0. The molecule has 2 aromatic carbocycles. The van der Waals surface area contributed by atoms with Crippen molar-refractivity contribution >= 4 is 22.4 Å². The number of anilines is 1. The molecule has 1 N–H and O–H groups in total. The number of nitrogens with one attached hydrogen (secondary N) is 1. The van der Waals surface area contributed by atoms with Gasteiger partial charge in [-0.2, -0.15) is 0 Å². The van der Waals surface area contributed by atoms with Gasteiger partial charge in [0.1, 0.15) is 11.4 Å². The van der Waals surface area contributed by atoms with Crippen LogP contribution >= 0.6 is 0 Å². The summed E-state index contributed by atoms with van der Waals surface area (Å²) in [5.74, 6) is 1.30. The topological polar surface area (TPSA) is 47.6 Å². The van der Waals surface area contributed by atoms with Crippen LogP contribution in [0.4, 0.5) is 5.69 Å². The molecular formula is C23H31NO3. The molecular weight excluding hydrogens is 338 g/mol. The minimum atomic E-state index is -0.731. The van der Waals surface area contributed by atoms with E-state index in [-0.39, 0.29) is 12.0 Å². The van der Waals surface area contributed by atoms with Gasteiger partial charge in [-0.25, -0.2) is 0 Å². The van der Waals surface area contributed by atoms with E-state index in [9.17, 15) is 4.79 Å². The van der Waals surface area contributed by atoms with E-state index in [0.29, 0.717) is 5.92 Å². The van der Waals surface area contributed by atoms with Crippen molar-refractivity contribution in [2.45, 2.75) is 64.6 Å². The van der Waals surface area contributed by atoms with Crippen LogP contribution < -0.4 is 10.1 Å². The van der Waals surface area contributed by atoms with Gasteiger partial charge in [0.15, 0.2) is 0 Å². The van der Waals surface area contributed by atoms with Crippen molar-refractivity contribution in [3.63, 3.8) is 0 Å². The van der Waals surface area contributed by atoms with E-state index in [1.54, 1.807) is 7.11 Å². The second-order valence-electron chi connectivity index (χ2n) is 7.85. The molecule has 0 saturated heterocycles. The van der Waals surface area contributed by atoms with Gasteiger partial charge >= 0.3 is 0 Å². The lowest BCUT2D eigenvalue weighted by atomic mass is 9.78. The Bertz CT molecular complexity index is 803. The number of amides is 1. The van der Waals surface area contributed by atoms with Crippen molar-refractivity contribution < 1.29 is 14.3 Å². The molecule has 1 fully saturated rings. The first-order chi connectivity index (χ1) is 13.0. The van der Waals surface area contributed by atoms with Crippen molar-refractivity contribution in [1.29, 1.82) is 0 Å². The van der Waals surface area contributed by atoms with Gasteiger partial charge in [0.2, 0.25) is 0 Å². The van der Waals surface area contributed by atoms with Gasteiger partial charge in [0, 0.05) is 23.6 Å². The highest BCUT2D eigenvalue weighted by atomic mass is 16.5. The molecule has 1 amide bonds. The summed E-state index contributed by atoms with van der Waals surface area (Å²) in [5.41, 5.74) is 0.0757. The van der Waals surface area contributed by atoms with E-state index in [0.717, 1.165) is 54.3 Å². The van der Waals surface area contributed by atoms with Crippen LogP contribution in [0.3, 0.4) is 0 Å². The monoisotopic (exact) mass is 369 g/mol. The lowest BCUT2D eigenvalue weighted by molar-refractivity contribution is -0.143. The first-order valence-electron chi connectivity index (χ1n) is 10.0. The van der Waals surface area contributed by atoms with Crippen molar-refractivity contribution in [3.05, 3.63) is 36.4 Å². The number of carbonyl (C=O) groups is 1.